The fourth-order valence-corrected chi connectivity index (χ4v) is 4.16. The molecule has 2 atom stereocenters. The van der Waals surface area contributed by atoms with Crippen LogP contribution in [0.1, 0.15) is 37.0 Å². The minimum atomic E-state index is -0.192. The molecule has 1 N–H and O–H groups in total. The number of aromatic nitrogens is 1. The topological polar surface area (TPSA) is 46.4 Å². The molecule has 2 bridgehead atoms. The number of hydrogen-bond acceptors (Lipinski definition) is 2. The molecule has 25 heavy (non-hydrogen) atoms. The second-order valence-electron chi connectivity index (χ2n) is 7.55. The van der Waals surface area contributed by atoms with E-state index in [9.17, 15) is 4.79 Å². The summed E-state index contributed by atoms with van der Waals surface area (Å²) >= 11 is 0. The molecule has 3 aliphatic carbocycles. The number of nitrogens with zero attached hydrogens (tertiary/aromatic N) is 2. The molecule has 1 aromatic heterocycles. The largest absolute Gasteiger partial charge is 0.323 e. The van der Waals surface area contributed by atoms with Crippen molar-refractivity contribution in [3.8, 4) is 5.69 Å². The first kappa shape index (κ1) is 15.9. The van der Waals surface area contributed by atoms with Crippen LogP contribution >= 0.6 is 0 Å². The average molecular weight is 333 g/mol. The van der Waals surface area contributed by atoms with Crippen LogP contribution in [-0.2, 0) is 0 Å². The minimum absolute atomic E-state index is 0.192. The zero-order valence-electron chi connectivity index (χ0n) is 14.6. The van der Waals surface area contributed by atoms with Gasteiger partial charge >= 0.3 is 0 Å². The van der Waals surface area contributed by atoms with Gasteiger partial charge in [0.05, 0.1) is 17.5 Å². The molecule has 0 radical (unpaired) electrons. The van der Waals surface area contributed by atoms with Gasteiger partial charge in [0.25, 0.3) is 5.91 Å². The summed E-state index contributed by atoms with van der Waals surface area (Å²) in [6.07, 6.45) is 10.3. The first-order valence-electron chi connectivity index (χ1n) is 8.83. The molecule has 1 heterocycles. The molecule has 3 aliphatic rings. The summed E-state index contributed by atoms with van der Waals surface area (Å²) < 4.78 is 1.93. The van der Waals surface area contributed by atoms with Crippen molar-refractivity contribution in [2.75, 3.05) is 0 Å². The summed E-state index contributed by atoms with van der Waals surface area (Å²) in [4.78, 5) is 12.6. The Labute approximate surface area is 148 Å². The van der Waals surface area contributed by atoms with Crippen molar-refractivity contribution < 1.29 is 4.79 Å². The molecule has 4 nitrogen and oxygen atoms in total. The maximum atomic E-state index is 12.6. The summed E-state index contributed by atoms with van der Waals surface area (Å²) in [7, 11) is 0. The molecule has 1 saturated carbocycles. The van der Waals surface area contributed by atoms with Gasteiger partial charge in [0.1, 0.15) is 0 Å². The normalized spacial score (nSPS) is 23.8. The first-order chi connectivity index (χ1) is 12.1. The predicted molar refractivity (Wildman–Crippen MR) is 99.8 cm³/mol. The highest BCUT2D eigenvalue weighted by atomic mass is 16.2. The van der Waals surface area contributed by atoms with Crippen LogP contribution in [0.3, 0.4) is 0 Å². The van der Waals surface area contributed by atoms with Crippen molar-refractivity contribution in [3.05, 3.63) is 66.0 Å². The number of hydrogen-bond donors (Lipinski definition) is 1. The summed E-state index contributed by atoms with van der Waals surface area (Å²) in [5.74, 6) is 1.18. The molecule has 0 spiro atoms. The van der Waals surface area contributed by atoms with E-state index in [-0.39, 0.29) is 5.91 Å². The molecular weight excluding hydrogens is 310 g/mol. The lowest BCUT2D eigenvalue weighted by molar-refractivity contribution is -0.00126. The SMILES string of the molecule is CC1(C)C2CC=C(/C=N/NC(=O)c3ccccc3-n3cccc3)C1C2. The van der Waals surface area contributed by atoms with Gasteiger partial charge in [-0.3, -0.25) is 4.79 Å². The van der Waals surface area contributed by atoms with Crippen LogP contribution in [0.15, 0.2) is 65.5 Å². The molecule has 1 aromatic carbocycles. The fraction of sp³-hybridized carbons (Fsp3) is 0.333. The zero-order chi connectivity index (χ0) is 17.4. The fourth-order valence-electron chi connectivity index (χ4n) is 4.16. The minimum Gasteiger partial charge on any atom is -0.323 e. The Bertz CT molecular complexity index is 846. The van der Waals surface area contributed by atoms with Crippen molar-refractivity contribution in [2.45, 2.75) is 26.7 Å². The number of fused-ring (bicyclic) bond motifs is 1. The number of benzene rings is 1. The van der Waals surface area contributed by atoms with Gasteiger partial charge in [-0.1, -0.05) is 32.1 Å². The van der Waals surface area contributed by atoms with E-state index >= 15 is 0 Å². The highest BCUT2D eigenvalue weighted by Crippen LogP contribution is 2.58. The smallest absolute Gasteiger partial charge is 0.273 e. The van der Waals surface area contributed by atoms with Crippen LogP contribution in [0.4, 0.5) is 0 Å². The molecule has 5 rings (SSSR count). The molecular formula is C21H23N3O. The quantitative estimate of drug-likeness (QED) is 0.662. The highest BCUT2D eigenvalue weighted by molar-refractivity contribution is 5.98. The highest BCUT2D eigenvalue weighted by Gasteiger charge is 2.50. The van der Waals surface area contributed by atoms with Crippen LogP contribution < -0.4 is 5.43 Å². The maximum absolute atomic E-state index is 12.6. The van der Waals surface area contributed by atoms with E-state index in [2.05, 4.69) is 30.5 Å². The van der Waals surface area contributed by atoms with E-state index in [1.165, 1.54) is 12.0 Å². The van der Waals surface area contributed by atoms with Crippen LogP contribution in [0.25, 0.3) is 5.69 Å². The molecule has 128 valence electrons. The van der Waals surface area contributed by atoms with Crippen molar-refractivity contribution in [1.29, 1.82) is 0 Å². The van der Waals surface area contributed by atoms with Gasteiger partial charge in [-0.2, -0.15) is 5.10 Å². The number of carbonyl (C=O) groups excluding carboxylic acids is 1. The van der Waals surface area contributed by atoms with Gasteiger partial charge < -0.3 is 4.57 Å². The Morgan fingerprint density at radius 1 is 1.24 bits per heavy atom. The summed E-state index contributed by atoms with van der Waals surface area (Å²) in [5.41, 5.74) is 5.76. The number of para-hydroxylation sites is 1. The molecule has 2 aromatic rings. The number of rotatable bonds is 4. The Morgan fingerprint density at radius 3 is 2.72 bits per heavy atom. The van der Waals surface area contributed by atoms with E-state index in [1.807, 2.05) is 59.6 Å². The summed E-state index contributed by atoms with van der Waals surface area (Å²) in [5, 5.41) is 4.23. The Balaban J connectivity index is 1.48. The average Bonchev–Trinajstić information content (AvgIpc) is 3.16. The number of hydrazone groups is 1. The first-order valence-corrected chi connectivity index (χ1v) is 8.83. The number of carbonyl (C=O) groups is 1. The van der Waals surface area contributed by atoms with E-state index in [4.69, 9.17) is 0 Å². The number of nitrogens with one attached hydrogen (secondary N) is 1. The van der Waals surface area contributed by atoms with Crippen LogP contribution in [0.2, 0.25) is 0 Å². The Hall–Kier alpha value is -2.62. The van der Waals surface area contributed by atoms with Crippen LogP contribution in [0.5, 0.6) is 0 Å². The number of allylic oxidation sites excluding steroid dienone is 2. The Morgan fingerprint density at radius 2 is 2.00 bits per heavy atom. The van der Waals surface area contributed by atoms with Crippen LogP contribution in [-0.4, -0.2) is 16.7 Å². The maximum Gasteiger partial charge on any atom is 0.273 e. The van der Waals surface area contributed by atoms with E-state index in [0.717, 1.165) is 18.0 Å². The Kier molecular flexibility index (Phi) is 3.83. The van der Waals surface area contributed by atoms with Gasteiger partial charge in [-0.15, -0.1) is 0 Å². The van der Waals surface area contributed by atoms with E-state index in [1.54, 1.807) is 0 Å². The van der Waals surface area contributed by atoms with Gasteiger partial charge in [-0.05, 0) is 59.9 Å². The summed E-state index contributed by atoms with van der Waals surface area (Å²) in [6.45, 7) is 4.66. The second kappa shape index (κ2) is 6.03. The van der Waals surface area contributed by atoms with Crippen molar-refractivity contribution >= 4 is 12.1 Å². The second-order valence-corrected chi connectivity index (χ2v) is 7.55. The van der Waals surface area contributed by atoms with Crippen molar-refractivity contribution in [3.63, 3.8) is 0 Å². The monoisotopic (exact) mass is 333 g/mol. The van der Waals surface area contributed by atoms with Gasteiger partial charge in [-0.25, -0.2) is 5.43 Å². The third-order valence-electron chi connectivity index (χ3n) is 5.92. The lowest BCUT2D eigenvalue weighted by Crippen LogP contribution is -2.48. The zero-order valence-corrected chi connectivity index (χ0v) is 14.6. The molecule has 0 aliphatic heterocycles. The molecule has 2 unspecified atom stereocenters. The molecule has 4 heteroatoms. The van der Waals surface area contributed by atoms with E-state index < -0.39 is 0 Å². The van der Waals surface area contributed by atoms with Gasteiger partial charge in [0.15, 0.2) is 0 Å². The van der Waals surface area contributed by atoms with E-state index in [0.29, 0.717) is 16.9 Å². The van der Waals surface area contributed by atoms with Crippen molar-refractivity contribution in [1.82, 2.24) is 9.99 Å². The van der Waals surface area contributed by atoms with Gasteiger partial charge in [0, 0.05) is 12.4 Å². The van der Waals surface area contributed by atoms with Crippen LogP contribution in [0, 0.1) is 17.3 Å². The predicted octanol–water partition coefficient (Wildman–Crippen LogP) is 4.19. The number of amides is 1. The lowest BCUT2D eigenvalue weighted by atomic mass is 9.49. The molecule has 0 saturated heterocycles. The van der Waals surface area contributed by atoms with Gasteiger partial charge in [0.2, 0.25) is 0 Å². The molecule has 1 amide bonds. The standard InChI is InChI=1S/C21H23N3O/c1-21(2)16-10-9-15(18(21)13-16)14-22-23-20(25)17-7-3-4-8-19(17)24-11-5-6-12-24/h3-9,11-12,14,16,18H,10,13H2,1-2H3,(H,23,25)/b22-14+. The third-order valence-corrected chi connectivity index (χ3v) is 5.92. The van der Waals surface area contributed by atoms with Crippen molar-refractivity contribution in [2.24, 2.45) is 22.4 Å². The lowest BCUT2D eigenvalue weighted by Gasteiger charge is -2.55. The summed E-state index contributed by atoms with van der Waals surface area (Å²) in [6, 6.07) is 11.4. The molecule has 1 fully saturated rings. The third kappa shape index (κ3) is 2.72.